The van der Waals surface area contributed by atoms with Crippen molar-refractivity contribution in [3.8, 4) is 0 Å². The molecule has 3 nitrogen and oxygen atoms in total. The number of nitrogens with zero attached hydrogens (tertiary/aromatic N) is 1. The Balaban J connectivity index is 1.98. The molecule has 0 radical (unpaired) electrons. The molecule has 18 heavy (non-hydrogen) atoms. The van der Waals surface area contributed by atoms with Gasteiger partial charge in [0.2, 0.25) is 0 Å². The van der Waals surface area contributed by atoms with E-state index in [-0.39, 0.29) is 0 Å². The van der Waals surface area contributed by atoms with Crippen molar-refractivity contribution in [3.05, 3.63) is 59.5 Å². The van der Waals surface area contributed by atoms with Crippen LogP contribution < -0.4 is 5.73 Å². The molecule has 3 aromatic rings. The zero-order chi connectivity index (χ0) is 12.5. The van der Waals surface area contributed by atoms with Crippen molar-refractivity contribution in [1.82, 2.24) is 4.98 Å². The molecule has 0 aliphatic rings. The summed E-state index contributed by atoms with van der Waals surface area (Å²) in [6.45, 7) is 2.06. The molecule has 0 aliphatic carbocycles. The van der Waals surface area contributed by atoms with E-state index in [0.29, 0.717) is 5.82 Å². The van der Waals surface area contributed by atoms with Crippen molar-refractivity contribution in [2.45, 2.75) is 13.3 Å². The van der Waals surface area contributed by atoms with Crippen LogP contribution in [0.15, 0.2) is 47.0 Å². The summed E-state index contributed by atoms with van der Waals surface area (Å²) in [6.07, 6.45) is 2.46. The molecule has 2 heterocycles. The SMILES string of the molecule is Cc1cccc2cc(Cc3ccnc(N)c3)oc12. The van der Waals surface area contributed by atoms with E-state index in [1.165, 1.54) is 0 Å². The van der Waals surface area contributed by atoms with E-state index in [0.717, 1.165) is 34.3 Å². The number of hydrogen-bond acceptors (Lipinski definition) is 3. The van der Waals surface area contributed by atoms with Gasteiger partial charge in [0.25, 0.3) is 0 Å². The molecule has 0 spiro atoms. The van der Waals surface area contributed by atoms with Crippen LogP contribution in [0.25, 0.3) is 11.0 Å². The number of pyridine rings is 1. The van der Waals surface area contributed by atoms with Crippen molar-refractivity contribution in [2.75, 3.05) is 5.73 Å². The van der Waals surface area contributed by atoms with Crippen molar-refractivity contribution >= 4 is 16.8 Å². The summed E-state index contributed by atoms with van der Waals surface area (Å²) in [5.74, 6) is 1.49. The molecular weight excluding hydrogens is 224 g/mol. The van der Waals surface area contributed by atoms with Gasteiger partial charge in [0, 0.05) is 18.0 Å². The average Bonchev–Trinajstić information content (AvgIpc) is 2.73. The molecule has 0 fully saturated rings. The number of aromatic nitrogens is 1. The molecular formula is C15H14N2O. The van der Waals surface area contributed by atoms with Gasteiger partial charge in [-0.25, -0.2) is 4.98 Å². The number of anilines is 1. The lowest BCUT2D eigenvalue weighted by atomic mass is 10.1. The summed E-state index contributed by atoms with van der Waals surface area (Å²) >= 11 is 0. The van der Waals surface area contributed by atoms with E-state index >= 15 is 0 Å². The summed E-state index contributed by atoms with van der Waals surface area (Å²) in [7, 11) is 0. The van der Waals surface area contributed by atoms with Crippen LogP contribution >= 0.6 is 0 Å². The van der Waals surface area contributed by atoms with Crippen molar-refractivity contribution in [3.63, 3.8) is 0 Å². The third-order valence-corrected chi connectivity index (χ3v) is 3.02. The van der Waals surface area contributed by atoms with Gasteiger partial charge in [0.15, 0.2) is 0 Å². The Morgan fingerprint density at radius 2 is 2.11 bits per heavy atom. The highest BCUT2D eigenvalue weighted by atomic mass is 16.3. The predicted molar refractivity (Wildman–Crippen MR) is 72.4 cm³/mol. The van der Waals surface area contributed by atoms with Crippen LogP contribution in [0.1, 0.15) is 16.9 Å². The topological polar surface area (TPSA) is 52.0 Å². The molecule has 2 N–H and O–H groups in total. The lowest BCUT2D eigenvalue weighted by molar-refractivity contribution is 0.561. The van der Waals surface area contributed by atoms with Crippen LogP contribution in [0.4, 0.5) is 5.82 Å². The second kappa shape index (κ2) is 4.18. The summed E-state index contributed by atoms with van der Waals surface area (Å²) < 4.78 is 5.88. The minimum absolute atomic E-state index is 0.541. The number of furan rings is 1. The smallest absolute Gasteiger partial charge is 0.137 e. The quantitative estimate of drug-likeness (QED) is 0.745. The molecule has 0 saturated heterocycles. The summed E-state index contributed by atoms with van der Waals surface area (Å²) in [4.78, 5) is 3.99. The highest BCUT2D eigenvalue weighted by Gasteiger charge is 2.06. The number of nitrogen functional groups attached to an aromatic ring is 1. The Morgan fingerprint density at radius 3 is 2.89 bits per heavy atom. The monoisotopic (exact) mass is 238 g/mol. The minimum atomic E-state index is 0.541. The maximum Gasteiger partial charge on any atom is 0.137 e. The van der Waals surface area contributed by atoms with Crippen LogP contribution in [0.5, 0.6) is 0 Å². The Bertz CT molecular complexity index is 701. The molecule has 0 atom stereocenters. The van der Waals surface area contributed by atoms with Crippen molar-refractivity contribution in [1.29, 1.82) is 0 Å². The number of rotatable bonds is 2. The number of hydrogen-bond donors (Lipinski definition) is 1. The fourth-order valence-corrected chi connectivity index (χ4v) is 2.15. The van der Waals surface area contributed by atoms with Gasteiger partial charge >= 0.3 is 0 Å². The van der Waals surface area contributed by atoms with E-state index < -0.39 is 0 Å². The second-order valence-corrected chi connectivity index (χ2v) is 4.47. The first-order valence-electron chi connectivity index (χ1n) is 5.91. The molecule has 0 unspecified atom stereocenters. The molecule has 90 valence electrons. The number of para-hydroxylation sites is 1. The standard InChI is InChI=1S/C15H14N2O/c1-10-3-2-4-12-9-13(18-15(10)12)7-11-5-6-17-14(16)8-11/h2-6,8-9H,7H2,1H3,(H2,16,17). The normalized spacial score (nSPS) is 10.9. The molecule has 0 amide bonds. The van der Waals surface area contributed by atoms with Crippen LogP contribution in [0, 0.1) is 6.92 Å². The van der Waals surface area contributed by atoms with Gasteiger partial charge in [-0.3, -0.25) is 0 Å². The van der Waals surface area contributed by atoms with Crippen LogP contribution in [0.2, 0.25) is 0 Å². The molecule has 0 aliphatic heterocycles. The third kappa shape index (κ3) is 1.95. The van der Waals surface area contributed by atoms with Crippen LogP contribution in [0.3, 0.4) is 0 Å². The number of benzene rings is 1. The van der Waals surface area contributed by atoms with E-state index in [4.69, 9.17) is 10.2 Å². The molecule has 2 aromatic heterocycles. The fraction of sp³-hybridized carbons (Fsp3) is 0.133. The Morgan fingerprint density at radius 1 is 1.22 bits per heavy atom. The maximum atomic E-state index is 5.88. The molecule has 3 heteroatoms. The van der Waals surface area contributed by atoms with Gasteiger partial charge < -0.3 is 10.2 Å². The third-order valence-electron chi connectivity index (χ3n) is 3.02. The molecule has 0 saturated carbocycles. The Kier molecular flexibility index (Phi) is 2.52. The zero-order valence-corrected chi connectivity index (χ0v) is 10.2. The van der Waals surface area contributed by atoms with Gasteiger partial charge in [-0.05, 0) is 36.2 Å². The highest BCUT2D eigenvalue weighted by molar-refractivity contribution is 5.80. The largest absolute Gasteiger partial charge is 0.460 e. The molecule has 1 aromatic carbocycles. The highest BCUT2D eigenvalue weighted by Crippen LogP contribution is 2.24. The van der Waals surface area contributed by atoms with Gasteiger partial charge in [-0.1, -0.05) is 18.2 Å². The fourth-order valence-electron chi connectivity index (χ4n) is 2.15. The van der Waals surface area contributed by atoms with E-state index in [9.17, 15) is 0 Å². The van der Waals surface area contributed by atoms with Crippen LogP contribution in [-0.2, 0) is 6.42 Å². The minimum Gasteiger partial charge on any atom is -0.460 e. The summed E-state index contributed by atoms with van der Waals surface area (Å²) in [5.41, 5.74) is 8.91. The summed E-state index contributed by atoms with van der Waals surface area (Å²) in [6, 6.07) is 12.1. The van der Waals surface area contributed by atoms with Gasteiger partial charge in [0.05, 0.1) is 0 Å². The average molecular weight is 238 g/mol. The van der Waals surface area contributed by atoms with Crippen molar-refractivity contribution in [2.24, 2.45) is 0 Å². The first-order chi connectivity index (χ1) is 8.72. The maximum absolute atomic E-state index is 5.88. The van der Waals surface area contributed by atoms with E-state index in [2.05, 4.69) is 30.1 Å². The summed E-state index contributed by atoms with van der Waals surface area (Å²) in [5, 5.41) is 1.15. The van der Waals surface area contributed by atoms with E-state index in [1.807, 2.05) is 18.2 Å². The molecule has 3 rings (SSSR count). The first-order valence-corrected chi connectivity index (χ1v) is 5.91. The Labute approximate surface area is 105 Å². The van der Waals surface area contributed by atoms with Crippen molar-refractivity contribution < 1.29 is 4.42 Å². The number of fused-ring (bicyclic) bond motifs is 1. The Hall–Kier alpha value is -2.29. The predicted octanol–water partition coefficient (Wildman–Crippen LogP) is 3.31. The first kappa shape index (κ1) is 10.8. The lowest BCUT2D eigenvalue weighted by Crippen LogP contribution is -1.92. The van der Waals surface area contributed by atoms with Crippen LogP contribution in [-0.4, -0.2) is 4.98 Å². The van der Waals surface area contributed by atoms with Gasteiger partial charge in [-0.15, -0.1) is 0 Å². The van der Waals surface area contributed by atoms with E-state index in [1.54, 1.807) is 6.20 Å². The second-order valence-electron chi connectivity index (χ2n) is 4.47. The van der Waals surface area contributed by atoms with Gasteiger partial charge in [-0.2, -0.15) is 0 Å². The zero-order valence-electron chi connectivity index (χ0n) is 10.2. The number of aryl methyl sites for hydroxylation is 1. The number of nitrogens with two attached hydrogens (primary N) is 1. The van der Waals surface area contributed by atoms with Gasteiger partial charge in [0.1, 0.15) is 17.2 Å². The molecule has 0 bridgehead atoms. The lowest BCUT2D eigenvalue weighted by Gasteiger charge is -1.98.